The van der Waals surface area contributed by atoms with Crippen molar-refractivity contribution in [3.05, 3.63) is 40.6 Å². The molecule has 0 unspecified atom stereocenters. The van der Waals surface area contributed by atoms with E-state index in [1.54, 1.807) is 30.3 Å². The van der Waals surface area contributed by atoms with Gasteiger partial charge in [-0.15, -0.1) is 11.3 Å². The fraction of sp³-hybridized carbons (Fsp3) is 0.214. The number of carbonyl (C=O) groups is 1. The van der Waals surface area contributed by atoms with Gasteiger partial charge in [0.1, 0.15) is 12.4 Å². The molecule has 0 fully saturated rings. The number of hydrogen-bond acceptors (Lipinski definition) is 5. The number of hydrogen-bond donors (Lipinski definition) is 1. The first kappa shape index (κ1) is 14.9. The lowest BCUT2D eigenvalue weighted by atomic mass is 10.2. The standard InChI is InChI=1S/C14H14N2O4S2/c1-22(18,19)16-6-7-20-12-5-4-10(9-11(12)16)15-14(17)13-3-2-8-21-13/h2-5,8-9H,6-7H2,1H3,(H,15,17). The summed E-state index contributed by atoms with van der Waals surface area (Å²) in [5.41, 5.74) is 0.967. The van der Waals surface area contributed by atoms with Crippen LogP contribution in [0, 0.1) is 0 Å². The first-order valence-electron chi connectivity index (χ1n) is 6.54. The molecule has 1 aliphatic heterocycles. The molecule has 8 heteroatoms. The van der Waals surface area contributed by atoms with Crippen molar-refractivity contribution in [1.82, 2.24) is 0 Å². The number of amides is 1. The van der Waals surface area contributed by atoms with Crippen molar-refractivity contribution in [2.75, 3.05) is 29.0 Å². The van der Waals surface area contributed by atoms with Crippen molar-refractivity contribution in [2.24, 2.45) is 0 Å². The van der Waals surface area contributed by atoms with Gasteiger partial charge < -0.3 is 10.1 Å². The maximum atomic E-state index is 12.1. The average molecular weight is 338 g/mol. The van der Waals surface area contributed by atoms with Gasteiger partial charge in [-0.25, -0.2) is 8.42 Å². The van der Waals surface area contributed by atoms with Gasteiger partial charge in [-0.1, -0.05) is 6.07 Å². The Kier molecular flexibility index (Phi) is 3.79. The highest BCUT2D eigenvalue weighted by atomic mass is 32.2. The molecule has 1 N–H and O–H groups in total. The van der Waals surface area contributed by atoms with Crippen LogP contribution in [-0.4, -0.2) is 33.7 Å². The highest BCUT2D eigenvalue weighted by Crippen LogP contribution is 2.35. The highest BCUT2D eigenvalue weighted by molar-refractivity contribution is 7.92. The van der Waals surface area contributed by atoms with Crippen molar-refractivity contribution >= 4 is 38.6 Å². The molecule has 1 aromatic carbocycles. The number of thiophene rings is 1. The molecule has 1 amide bonds. The second-order valence-electron chi connectivity index (χ2n) is 4.80. The topological polar surface area (TPSA) is 75.7 Å². The van der Waals surface area contributed by atoms with Gasteiger partial charge in [0.2, 0.25) is 10.0 Å². The van der Waals surface area contributed by atoms with Crippen LogP contribution in [0.5, 0.6) is 5.75 Å². The van der Waals surface area contributed by atoms with Gasteiger partial charge in [-0.2, -0.15) is 0 Å². The Morgan fingerprint density at radius 3 is 2.86 bits per heavy atom. The monoisotopic (exact) mass is 338 g/mol. The summed E-state index contributed by atoms with van der Waals surface area (Å²) in [6.07, 6.45) is 1.15. The molecule has 116 valence electrons. The van der Waals surface area contributed by atoms with Crippen LogP contribution in [0.2, 0.25) is 0 Å². The third-order valence-electron chi connectivity index (χ3n) is 3.18. The van der Waals surface area contributed by atoms with Crippen molar-refractivity contribution < 1.29 is 17.9 Å². The zero-order valence-electron chi connectivity index (χ0n) is 11.8. The van der Waals surface area contributed by atoms with Crippen LogP contribution in [0.25, 0.3) is 0 Å². The molecule has 6 nitrogen and oxygen atoms in total. The second-order valence-corrected chi connectivity index (χ2v) is 7.65. The van der Waals surface area contributed by atoms with Gasteiger partial charge in [-0.3, -0.25) is 9.10 Å². The largest absolute Gasteiger partial charge is 0.489 e. The van der Waals surface area contributed by atoms with Gasteiger partial charge in [0.25, 0.3) is 5.91 Å². The number of nitrogens with zero attached hydrogens (tertiary/aromatic N) is 1. The lowest BCUT2D eigenvalue weighted by Gasteiger charge is -2.29. The van der Waals surface area contributed by atoms with Crippen LogP contribution < -0.4 is 14.4 Å². The summed E-state index contributed by atoms with van der Waals surface area (Å²) in [5.74, 6) is 0.267. The number of fused-ring (bicyclic) bond motifs is 1. The van der Waals surface area contributed by atoms with Crippen LogP contribution in [0.4, 0.5) is 11.4 Å². The minimum Gasteiger partial charge on any atom is -0.489 e. The number of benzene rings is 1. The Morgan fingerprint density at radius 1 is 1.36 bits per heavy atom. The predicted octanol–water partition coefficient (Wildman–Crippen LogP) is 2.16. The smallest absolute Gasteiger partial charge is 0.265 e. The van der Waals surface area contributed by atoms with Gasteiger partial charge in [0, 0.05) is 5.69 Å². The first-order chi connectivity index (χ1) is 10.4. The second kappa shape index (κ2) is 5.62. The lowest BCUT2D eigenvalue weighted by molar-refractivity contribution is 0.103. The van der Waals surface area contributed by atoms with Crippen molar-refractivity contribution in [1.29, 1.82) is 0 Å². The minimum atomic E-state index is -3.39. The molecule has 22 heavy (non-hydrogen) atoms. The summed E-state index contributed by atoms with van der Waals surface area (Å²) in [6, 6.07) is 8.49. The van der Waals surface area contributed by atoms with E-state index >= 15 is 0 Å². The maximum absolute atomic E-state index is 12.1. The Bertz CT molecular complexity index is 800. The van der Waals surface area contributed by atoms with Gasteiger partial charge in [0.05, 0.1) is 23.4 Å². The molecular weight excluding hydrogens is 324 g/mol. The van der Waals surface area contributed by atoms with E-state index in [9.17, 15) is 13.2 Å². The summed E-state index contributed by atoms with van der Waals surface area (Å²) in [7, 11) is -3.39. The first-order valence-corrected chi connectivity index (χ1v) is 9.27. The number of carbonyl (C=O) groups excluding carboxylic acids is 1. The average Bonchev–Trinajstić information content (AvgIpc) is 2.99. The number of rotatable bonds is 3. The third-order valence-corrected chi connectivity index (χ3v) is 5.23. The minimum absolute atomic E-state index is 0.224. The molecule has 3 rings (SSSR count). The molecule has 2 heterocycles. The summed E-state index contributed by atoms with van der Waals surface area (Å²) in [4.78, 5) is 12.6. The molecule has 0 spiro atoms. The molecule has 0 saturated carbocycles. The molecule has 0 aliphatic carbocycles. The van der Waals surface area contributed by atoms with Crippen LogP contribution in [0.3, 0.4) is 0 Å². The summed E-state index contributed by atoms with van der Waals surface area (Å²) < 4.78 is 30.5. The zero-order chi connectivity index (χ0) is 15.7. The van der Waals surface area contributed by atoms with E-state index < -0.39 is 10.0 Å². The number of ether oxygens (including phenoxy) is 1. The fourth-order valence-electron chi connectivity index (χ4n) is 2.22. The molecule has 0 radical (unpaired) electrons. The van der Waals surface area contributed by atoms with Crippen LogP contribution >= 0.6 is 11.3 Å². The summed E-state index contributed by atoms with van der Waals surface area (Å²) in [5, 5.41) is 4.58. The highest BCUT2D eigenvalue weighted by Gasteiger charge is 2.25. The van der Waals surface area contributed by atoms with E-state index in [4.69, 9.17) is 4.74 Å². The van der Waals surface area contributed by atoms with Crippen LogP contribution in [-0.2, 0) is 10.0 Å². The molecule has 1 aromatic heterocycles. The number of sulfonamides is 1. The molecule has 2 aromatic rings. The van der Waals surface area contributed by atoms with E-state index in [1.165, 1.54) is 15.6 Å². The quantitative estimate of drug-likeness (QED) is 0.930. The fourth-order valence-corrected chi connectivity index (χ4v) is 3.74. The predicted molar refractivity (Wildman–Crippen MR) is 86.4 cm³/mol. The SMILES string of the molecule is CS(=O)(=O)N1CCOc2ccc(NC(=O)c3cccs3)cc21. The van der Waals surface area contributed by atoms with E-state index in [0.29, 0.717) is 28.6 Å². The Balaban J connectivity index is 1.91. The van der Waals surface area contributed by atoms with Crippen LogP contribution in [0.1, 0.15) is 9.67 Å². The lowest BCUT2D eigenvalue weighted by Crippen LogP contribution is -2.37. The zero-order valence-corrected chi connectivity index (χ0v) is 13.4. The Labute approximate surface area is 132 Å². The van der Waals surface area contributed by atoms with Crippen LogP contribution in [0.15, 0.2) is 35.7 Å². The number of nitrogens with one attached hydrogen (secondary N) is 1. The normalized spacial score (nSPS) is 14.1. The summed E-state index contributed by atoms with van der Waals surface area (Å²) >= 11 is 1.34. The Hall–Kier alpha value is -2.06. The van der Waals surface area contributed by atoms with E-state index in [-0.39, 0.29) is 12.5 Å². The van der Waals surface area contributed by atoms with Gasteiger partial charge >= 0.3 is 0 Å². The summed E-state index contributed by atoms with van der Waals surface area (Å²) in [6.45, 7) is 0.565. The van der Waals surface area contributed by atoms with Crippen molar-refractivity contribution in [2.45, 2.75) is 0 Å². The van der Waals surface area contributed by atoms with Gasteiger partial charge in [-0.05, 0) is 29.6 Å². The molecule has 0 saturated heterocycles. The Morgan fingerprint density at radius 2 is 2.18 bits per heavy atom. The molecule has 0 bridgehead atoms. The van der Waals surface area contributed by atoms with Crippen molar-refractivity contribution in [3.8, 4) is 5.75 Å². The van der Waals surface area contributed by atoms with Crippen molar-refractivity contribution in [3.63, 3.8) is 0 Å². The van der Waals surface area contributed by atoms with Gasteiger partial charge in [0.15, 0.2) is 0 Å². The molecule has 0 atom stereocenters. The maximum Gasteiger partial charge on any atom is 0.265 e. The third kappa shape index (κ3) is 2.93. The molecular formula is C14H14N2O4S2. The van der Waals surface area contributed by atoms with E-state index in [1.807, 2.05) is 5.38 Å². The number of anilines is 2. The molecule has 1 aliphatic rings. The van der Waals surface area contributed by atoms with E-state index in [2.05, 4.69) is 5.32 Å². The van der Waals surface area contributed by atoms with E-state index in [0.717, 1.165) is 6.26 Å².